The van der Waals surface area contributed by atoms with E-state index < -0.39 is 104 Å². The molecule has 2 fully saturated rings. The quantitative estimate of drug-likeness (QED) is 0.177. The van der Waals surface area contributed by atoms with E-state index in [1.807, 2.05) is 0 Å². The number of alkyl halides is 1. The van der Waals surface area contributed by atoms with E-state index in [9.17, 15) is 33.9 Å². The Hall–Kier alpha value is -2.86. The summed E-state index contributed by atoms with van der Waals surface area (Å²) >= 11 is 3.19. The molecule has 232 valence electrons. The van der Waals surface area contributed by atoms with Gasteiger partial charge >= 0.3 is 35.8 Å². The molecule has 2 aliphatic rings. The van der Waals surface area contributed by atoms with Crippen molar-refractivity contribution in [1.82, 2.24) is 0 Å². The minimum Gasteiger partial charge on any atom is -0.463 e. The molecule has 16 nitrogen and oxygen atoms in total. The van der Waals surface area contributed by atoms with Crippen LogP contribution in [-0.4, -0.2) is 114 Å². The number of aliphatic hydroxyl groups excluding tert-OH is 1. The van der Waals surface area contributed by atoms with Crippen LogP contribution in [0.1, 0.15) is 41.5 Å². The number of hydrogen-bond acceptors (Lipinski definition) is 16. The second-order valence-corrected chi connectivity index (χ2v) is 9.69. The third-order valence-electron chi connectivity index (χ3n) is 5.59. The van der Waals surface area contributed by atoms with Crippen molar-refractivity contribution in [1.29, 1.82) is 0 Å². The summed E-state index contributed by atoms with van der Waals surface area (Å²) < 4.78 is 49.2. The van der Waals surface area contributed by atoms with E-state index in [2.05, 4.69) is 15.9 Å². The number of halogens is 1. The molecule has 2 saturated heterocycles. The highest BCUT2D eigenvalue weighted by atomic mass is 79.9. The van der Waals surface area contributed by atoms with Crippen LogP contribution in [0.5, 0.6) is 0 Å². The second-order valence-electron chi connectivity index (χ2n) is 9.04. The summed E-state index contributed by atoms with van der Waals surface area (Å²) in [6.45, 7) is 5.85. The maximum Gasteiger partial charge on any atom is 0.305 e. The third-order valence-corrected chi connectivity index (χ3v) is 6.23. The fourth-order valence-corrected chi connectivity index (χ4v) is 4.74. The summed E-state index contributed by atoms with van der Waals surface area (Å²) in [4.78, 5) is 71.4. The lowest BCUT2D eigenvalue weighted by Crippen LogP contribution is -2.66. The standard InChI is InChI=1S/C24H33BrO16/c1-9(26)33-8-16-18(20(35-11(3)28)22(37-13(5)30)23(40-16)38-14(6)31)41-24-21(36-12(4)29)19(34-10(2)27)17(32)15(7-25)39-24/h15-24,32H,7-8H2,1-6H3/t15?,16?,17-,18-,19-,20-,21?,22?,23+,24-/m0/s1. The first-order valence-corrected chi connectivity index (χ1v) is 13.5. The zero-order valence-electron chi connectivity index (χ0n) is 23.1. The summed E-state index contributed by atoms with van der Waals surface area (Å²) in [5, 5.41) is 10.8. The van der Waals surface area contributed by atoms with Gasteiger partial charge in [-0.25, -0.2) is 0 Å². The molecule has 0 aromatic rings. The predicted molar refractivity (Wildman–Crippen MR) is 133 cm³/mol. The van der Waals surface area contributed by atoms with Crippen LogP contribution < -0.4 is 0 Å². The number of hydrogen-bond donors (Lipinski definition) is 1. The van der Waals surface area contributed by atoms with Gasteiger partial charge in [0.2, 0.25) is 12.4 Å². The Morgan fingerprint density at radius 2 is 1.02 bits per heavy atom. The number of rotatable bonds is 10. The Morgan fingerprint density at radius 1 is 0.585 bits per heavy atom. The molecule has 0 amide bonds. The van der Waals surface area contributed by atoms with Crippen LogP contribution in [-0.2, 0) is 71.4 Å². The summed E-state index contributed by atoms with van der Waals surface area (Å²) in [5.74, 6) is -4.98. The fourth-order valence-electron chi connectivity index (χ4n) is 4.20. The van der Waals surface area contributed by atoms with Crippen molar-refractivity contribution in [2.75, 3.05) is 11.9 Å². The topological polar surface area (TPSA) is 206 Å². The molecule has 0 aromatic heterocycles. The summed E-state index contributed by atoms with van der Waals surface area (Å²) in [7, 11) is 0. The number of carbonyl (C=O) groups excluding carboxylic acids is 6. The van der Waals surface area contributed by atoms with Crippen molar-refractivity contribution >= 4 is 51.7 Å². The highest BCUT2D eigenvalue weighted by Gasteiger charge is 2.56. The predicted octanol–water partition coefficient (Wildman–Crippen LogP) is -0.570. The Balaban J connectivity index is 2.61. The Labute approximate surface area is 243 Å². The van der Waals surface area contributed by atoms with Gasteiger partial charge in [-0.05, 0) is 0 Å². The van der Waals surface area contributed by atoms with E-state index in [1.54, 1.807) is 0 Å². The van der Waals surface area contributed by atoms with Crippen molar-refractivity contribution in [2.24, 2.45) is 0 Å². The van der Waals surface area contributed by atoms with Gasteiger partial charge in [-0.2, -0.15) is 0 Å². The van der Waals surface area contributed by atoms with Crippen LogP contribution in [0, 0.1) is 0 Å². The summed E-state index contributed by atoms with van der Waals surface area (Å²) in [6, 6.07) is 0. The summed E-state index contributed by atoms with van der Waals surface area (Å²) in [5.41, 5.74) is 0. The largest absolute Gasteiger partial charge is 0.463 e. The molecule has 0 spiro atoms. The van der Waals surface area contributed by atoms with Crippen molar-refractivity contribution in [3.8, 4) is 0 Å². The maximum atomic E-state index is 12.2. The second kappa shape index (κ2) is 15.4. The molecule has 1 N–H and O–H groups in total. The van der Waals surface area contributed by atoms with Gasteiger partial charge in [0.1, 0.15) is 31.0 Å². The number of esters is 6. The molecular formula is C24H33BrO16. The van der Waals surface area contributed by atoms with Gasteiger partial charge in [-0.1, -0.05) is 15.9 Å². The molecule has 10 atom stereocenters. The lowest BCUT2D eigenvalue weighted by atomic mass is 9.96. The molecular weight excluding hydrogens is 624 g/mol. The molecule has 17 heteroatoms. The first-order valence-electron chi connectivity index (χ1n) is 12.3. The average molecular weight is 657 g/mol. The zero-order valence-corrected chi connectivity index (χ0v) is 24.7. The van der Waals surface area contributed by atoms with Gasteiger partial charge in [-0.15, -0.1) is 0 Å². The molecule has 2 heterocycles. The van der Waals surface area contributed by atoms with Crippen molar-refractivity contribution in [2.45, 2.75) is 103 Å². The fraction of sp³-hybridized carbons (Fsp3) is 0.750. The zero-order chi connectivity index (χ0) is 31.0. The molecule has 0 aromatic carbocycles. The van der Waals surface area contributed by atoms with Gasteiger partial charge in [0.15, 0.2) is 24.6 Å². The lowest BCUT2D eigenvalue weighted by molar-refractivity contribution is -0.354. The Kier molecular flexibility index (Phi) is 12.9. The van der Waals surface area contributed by atoms with Gasteiger partial charge in [0, 0.05) is 46.9 Å². The van der Waals surface area contributed by atoms with Crippen LogP contribution in [0.15, 0.2) is 0 Å². The minimum absolute atomic E-state index is 0.00853. The van der Waals surface area contributed by atoms with E-state index in [-0.39, 0.29) is 5.33 Å². The molecule has 0 aliphatic carbocycles. The van der Waals surface area contributed by atoms with Gasteiger partial charge in [-0.3, -0.25) is 28.8 Å². The smallest absolute Gasteiger partial charge is 0.305 e. The van der Waals surface area contributed by atoms with E-state index in [1.165, 1.54) is 0 Å². The Morgan fingerprint density at radius 3 is 1.49 bits per heavy atom. The maximum absolute atomic E-state index is 12.2. The highest BCUT2D eigenvalue weighted by molar-refractivity contribution is 9.09. The average Bonchev–Trinajstić information content (AvgIpc) is 2.83. The van der Waals surface area contributed by atoms with E-state index in [4.69, 9.17) is 42.6 Å². The first kappa shape index (κ1) is 34.3. The van der Waals surface area contributed by atoms with Gasteiger partial charge in [0.05, 0.1) is 0 Å². The summed E-state index contributed by atoms with van der Waals surface area (Å²) in [6.07, 6.45) is -14.9. The van der Waals surface area contributed by atoms with Crippen LogP contribution in [0.25, 0.3) is 0 Å². The number of aliphatic hydroxyl groups is 1. The van der Waals surface area contributed by atoms with Crippen LogP contribution in [0.2, 0.25) is 0 Å². The van der Waals surface area contributed by atoms with Crippen LogP contribution in [0.4, 0.5) is 0 Å². The van der Waals surface area contributed by atoms with Crippen molar-refractivity contribution in [3.05, 3.63) is 0 Å². The SMILES string of the molecule is CC(=O)OCC1O[C@@H](OC(C)=O)C(OC(C)=O)[C@@H](OC(C)=O)[C@H]1O[C@@H]1OC(CBr)[C@H](O)[C@H](OC(C)=O)C1OC(C)=O. The molecule has 4 unspecified atom stereocenters. The van der Waals surface area contributed by atoms with Crippen LogP contribution >= 0.6 is 15.9 Å². The van der Waals surface area contributed by atoms with Gasteiger partial charge < -0.3 is 47.7 Å². The van der Waals surface area contributed by atoms with Crippen molar-refractivity contribution in [3.63, 3.8) is 0 Å². The number of ether oxygens (including phenoxy) is 9. The Bertz CT molecular complexity index is 987. The number of carbonyl (C=O) groups is 6. The molecule has 0 bridgehead atoms. The molecule has 0 saturated carbocycles. The molecule has 2 rings (SSSR count). The first-order chi connectivity index (χ1) is 19.1. The van der Waals surface area contributed by atoms with E-state index >= 15 is 0 Å². The normalized spacial score (nSPS) is 33.1. The molecule has 41 heavy (non-hydrogen) atoms. The van der Waals surface area contributed by atoms with E-state index in [0.29, 0.717) is 0 Å². The lowest BCUT2D eigenvalue weighted by Gasteiger charge is -2.48. The minimum atomic E-state index is -1.64. The highest BCUT2D eigenvalue weighted by Crippen LogP contribution is 2.34. The molecule has 0 radical (unpaired) electrons. The van der Waals surface area contributed by atoms with E-state index in [0.717, 1.165) is 41.5 Å². The van der Waals surface area contributed by atoms with Crippen LogP contribution in [0.3, 0.4) is 0 Å². The van der Waals surface area contributed by atoms with Crippen molar-refractivity contribution < 1.29 is 76.5 Å². The third kappa shape index (κ3) is 9.88. The monoisotopic (exact) mass is 656 g/mol. The van der Waals surface area contributed by atoms with Gasteiger partial charge in [0.25, 0.3) is 0 Å². The molecule has 2 aliphatic heterocycles.